The van der Waals surface area contributed by atoms with Gasteiger partial charge in [-0.3, -0.25) is 4.79 Å². The van der Waals surface area contributed by atoms with Gasteiger partial charge in [-0.25, -0.2) is 4.79 Å². The molecule has 1 aromatic carbocycles. The minimum atomic E-state index is -0.669. The highest BCUT2D eigenvalue weighted by atomic mass is 127. The molecule has 0 bridgehead atoms. The summed E-state index contributed by atoms with van der Waals surface area (Å²) < 4.78 is 20.6. The summed E-state index contributed by atoms with van der Waals surface area (Å²) in [5, 5.41) is 0. The van der Waals surface area contributed by atoms with Gasteiger partial charge in [-0.2, -0.15) is 0 Å². The Kier molecular flexibility index (Phi) is 6.03. The quantitative estimate of drug-likeness (QED) is 0.325. The van der Waals surface area contributed by atoms with Crippen molar-refractivity contribution in [3.05, 3.63) is 20.8 Å². The number of halogens is 1. The van der Waals surface area contributed by atoms with E-state index in [-0.39, 0.29) is 23.7 Å². The molecule has 7 heteroatoms. The number of ether oxygens (including phenoxy) is 4. The highest BCUT2D eigenvalue weighted by Gasteiger charge is 2.24. The lowest BCUT2D eigenvalue weighted by atomic mass is 10.1. The van der Waals surface area contributed by atoms with Crippen LogP contribution in [0.5, 0.6) is 11.5 Å². The highest BCUT2D eigenvalue weighted by Crippen LogP contribution is 2.38. The van der Waals surface area contributed by atoms with Crippen molar-refractivity contribution in [2.24, 2.45) is 0 Å². The molecule has 19 heavy (non-hydrogen) atoms. The van der Waals surface area contributed by atoms with Gasteiger partial charge in [-0.1, -0.05) is 0 Å². The van der Waals surface area contributed by atoms with E-state index < -0.39 is 5.97 Å². The molecule has 0 saturated heterocycles. The van der Waals surface area contributed by atoms with E-state index in [4.69, 9.17) is 14.2 Å². The van der Waals surface area contributed by atoms with Gasteiger partial charge in [0.2, 0.25) is 0 Å². The van der Waals surface area contributed by atoms with Gasteiger partial charge >= 0.3 is 5.97 Å². The molecule has 0 amide bonds. The maximum absolute atomic E-state index is 11.8. The van der Waals surface area contributed by atoms with E-state index in [1.807, 2.05) is 22.6 Å². The van der Waals surface area contributed by atoms with Crippen LogP contribution in [0.4, 0.5) is 0 Å². The molecule has 0 aliphatic carbocycles. The third-order valence-corrected chi connectivity index (χ3v) is 3.06. The van der Waals surface area contributed by atoms with Crippen molar-refractivity contribution in [2.75, 3.05) is 28.1 Å². The Morgan fingerprint density at radius 3 is 2.47 bits per heavy atom. The van der Waals surface area contributed by atoms with Crippen LogP contribution in [0.1, 0.15) is 20.7 Å². The summed E-state index contributed by atoms with van der Waals surface area (Å²) in [6, 6.07) is 1.52. The number of aldehydes is 1. The van der Waals surface area contributed by atoms with E-state index in [2.05, 4.69) is 4.74 Å². The standard InChI is InChI=1S/C12H13IO6/c1-16-6-19-10-8(13)4-7(5-14)9(11(10)17-2)12(15)18-3/h4-5H,6H2,1-3H3. The van der Waals surface area contributed by atoms with Crippen molar-refractivity contribution in [2.45, 2.75) is 0 Å². The van der Waals surface area contributed by atoms with Crippen molar-refractivity contribution in [1.29, 1.82) is 0 Å². The predicted octanol–water partition coefficient (Wildman–Crippen LogP) is 1.88. The first-order valence-electron chi connectivity index (χ1n) is 5.16. The molecule has 6 nitrogen and oxygen atoms in total. The first-order chi connectivity index (χ1) is 9.10. The molecule has 0 unspecified atom stereocenters. The van der Waals surface area contributed by atoms with Crippen LogP contribution in [-0.4, -0.2) is 40.4 Å². The van der Waals surface area contributed by atoms with Crippen molar-refractivity contribution in [1.82, 2.24) is 0 Å². The molecule has 0 aliphatic heterocycles. The second-order valence-electron chi connectivity index (χ2n) is 3.35. The zero-order valence-electron chi connectivity index (χ0n) is 10.7. The number of methoxy groups -OCH3 is 3. The summed E-state index contributed by atoms with van der Waals surface area (Å²) in [5.74, 6) is -0.188. The molecule has 0 N–H and O–H groups in total. The van der Waals surface area contributed by atoms with Crippen LogP contribution in [0.15, 0.2) is 6.07 Å². The first kappa shape index (κ1) is 15.7. The summed E-state index contributed by atoms with van der Waals surface area (Å²) >= 11 is 1.98. The average molecular weight is 380 g/mol. The van der Waals surface area contributed by atoms with Gasteiger partial charge in [-0.05, 0) is 28.7 Å². The Labute approximate surface area is 124 Å². The molecule has 0 spiro atoms. The number of benzene rings is 1. The van der Waals surface area contributed by atoms with Crippen LogP contribution in [0.2, 0.25) is 0 Å². The fourth-order valence-corrected chi connectivity index (χ4v) is 2.22. The smallest absolute Gasteiger partial charge is 0.342 e. The Morgan fingerprint density at radius 1 is 1.32 bits per heavy atom. The molecular formula is C12H13IO6. The minimum Gasteiger partial charge on any atom is -0.492 e. The van der Waals surface area contributed by atoms with E-state index in [1.165, 1.54) is 27.4 Å². The predicted molar refractivity (Wildman–Crippen MR) is 74.9 cm³/mol. The lowest BCUT2D eigenvalue weighted by Gasteiger charge is -2.16. The molecule has 0 heterocycles. The lowest BCUT2D eigenvalue weighted by Crippen LogP contribution is -2.11. The molecule has 104 valence electrons. The van der Waals surface area contributed by atoms with Gasteiger partial charge in [0.05, 0.1) is 17.8 Å². The molecule has 0 radical (unpaired) electrons. The van der Waals surface area contributed by atoms with Crippen LogP contribution < -0.4 is 9.47 Å². The van der Waals surface area contributed by atoms with Gasteiger partial charge in [0.25, 0.3) is 0 Å². The van der Waals surface area contributed by atoms with Crippen LogP contribution in [0, 0.1) is 3.57 Å². The molecule has 0 saturated carbocycles. The van der Waals surface area contributed by atoms with Gasteiger partial charge in [-0.15, -0.1) is 0 Å². The summed E-state index contributed by atoms with van der Waals surface area (Å²) in [5.41, 5.74) is 0.212. The Morgan fingerprint density at radius 2 is 2.00 bits per heavy atom. The van der Waals surface area contributed by atoms with Gasteiger partial charge in [0.15, 0.2) is 24.6 Å². The van der Waals surface area contributed by atoms with E-state index >= 15 is 0 Å². The number of esters is 1. The van der Waals surface area contributed by atoms with Crippen LogP contribution in [0.25, 0.3) is 0 Å². The largest absolute Gasteiger partial charge is 0.492 e. The van der Waals surface area contributed by atoms with E-state index in [0.29, 0.717) is 15.6 Å². The van der Waals surface area contributed by atoms with E-state index in [1.54, 1.807) is 0 Å². The fourth-order valence-electron chi connectivity index (χ4n) is 1.48. The van der Waals surface area contributed by atoms with Gasteiger partial charge in [0, 0.05) is 12.7 Å². The molecule has 0 aliphatic rings. The van der Waals surface area contributed by atoms with Gasteiger partial charge in [0.1, 0.15) is 5.56 Å². The zero-order valence-corrected chi connectivity index (χ0v) is 12.8. The van der Waals surface area contributed by atoms with E-state index in [0.717, 1.165) is 0 Å². The number of carbonyl (C=O) groups excluding carboxylic acids is 2. The summed E-state index contributed by atoms with van der Waals surface area (Å²) in [6.45, 7) is -0.00654. The topological polar surface area (TPSA) is 71.1 Å². The SMILES string of the molecule is COCOc1c(I)cc(C=O)c(C(=O)OC)c1OC. The molecular weight excluding hydrogens is 367 g/mol. The highest BCUT2D eigenvalue weighted by molar-refractivity contribution is 14.1. The van der Waals surface area contributed by atoms with Crippen LogP contribution in [-0.2, 0) is 9.47 Å². The van der Waals surface area contributed by atoms with E-state index in [9.17, 15) is 9.59 Å². The maximum atomic E-state index is 11.8. The van der Waals surface area contributed by atoms with Crippen molar-refractivity contribution < 1.29 is 28.5 Å². The third kappa shape index (κ3) is 3.35. The fraction of sp³-hybridized carbons (Fsp3) is 0.333. The maximum Gasteiger partial charge on any atom is 0.342 e. The number of carbonyl (C=O) groups is 2. The molecule has 0 atom stereocenters. The van der Waals surface area contributed by atoms with Crippen molar-refractivity contribution in [3.63, 3.8) is 0 Å². The molecule has 0 aromatic heterocycles. The Hall–Kier alpha value is -1.35. The van der Waals surface area contributed by atoms with Crippen LogP contribution in [0.3, 0.4) is 0 Å². The monoisotopic (exact) mass is 380 g/mol. The molecule has 1 aromatic rings. The first-order valence-corrected chi connectivity index (χ1v) is 6.24. The summed E-state index contributed by atoms with van der Waals surface area (Å²) in [7, 11) is 4.08. The Bertz CT molecular complexity index is 486. The van der Waals surface area contributed by atoms with Crippen molar-refractivity contribution >= 4 is 34.8 Å². The summed E-state index contributed by atoms with van der Waals surface area (Å²) in [4.78, 5) is 22.8. The lowest BCUT2D eigenvalue weighted by molar-refractivity contribution is 0.0474. The number of hydrogen-bond donors (Lipinski definition) is 0. The molecule has 1 rings (SSSR count). The molecule has 0 fully saturated rings. The number of rotatable bonds is 6. The zero-order chi connectivity index (χ0) is 14.4. The summed E-state index contributed by atoms with van der Waals surface area (Å²) in [6.07, 6.45) is 0.567. The third-order valence-electron chi connectivity index (χ3n) is 2.26. The van der Waals surface area contributed by atoms with Gasteiger partial charge < -0.3 is 18.9 Å². The second kappa shape index (κ2) is 7.29. The number of hydrogen-bond acceptors (Lipinski definition) is 6. The second-order valence-corrected chi connectivity index (χ2v) is 4.51. The normalized spacial score (nSPS) is 9.89. The van der Waals surface area contributed by atoms with Crippen molar-refractivity contribution in [3.8, 4) is 11.5 Å². The van der Waals surface area contributed by atoms with Crippen LogP contribution >= 0.6 is 22.6 Å². The average Bonchev–Trinajstić information content (AvgIpc) is 2.43. The minimum absolute atomic E-state index is 0.00654. The Balaban J connectivity index is 3.48.